The number of hydrogen-bond donors (Lipinski definition) is 2. The van der Waals surface area contributed by atoms with Crippen molar-refractivity contribution in [3.63, 3.8) is 0 Å². The van der Waals surface area contributed by atoms with Crippen LogP contribution in [0.3, 0.4) is 0 Å². The van der Waals surface area contributed by atoms with Gasteiger partial charge < -0.3 is 10.6 Å². The van der Waals surface area contributed by atoms with Gasteiger partial charge in [-0.1, -0.05) is 22.9 Å². The lowest BCUT2D eigenvalue weighted by Gasteiger charge is -2.12. The van der Waals surface area contributed by atoms with Gasteiger partial charge in [0.05, 0.1) is 6.54 Å². The van der Waals surface area contributed by atoms with Gasteiger partial charge in [0, 0.05) is 17.1 Å². The molecule has 1 aromatic rings. The molecule has 1 atom stereocenters. The van der Waals surface area contributed by atoms with E-state index in [2.05, 4.69) is 26.6 Å². The van der Waals surface area contributed by atoms with Crippen molar-refractivity contribution in [2.75, 3.05) is 6.54 Å². The van der Waals surface area contributed by atoms with Crippen LogP contribution in [-0.2, 0) is 11.3 Å². The molecule has 1 unspecified atom stereocenters. The fourth-order valence-electron chi connectivity index (χ4n) is 1.42. The summed E-state index contributed by atoms with van der Waals surface area (Å²) in [5.41, 5.74) is 0.798. The molecule has 3 nitrogen and oxygen atoms in total. The lowest BCUT2D eigenvalue weighted by molar-refractivity contribution is -0.120. The zero-order valence-corrected chi connectivity index (χ0v) is 12.2. The quantitative estimate of drug-likeness (QED) is 0.847. The second kappa shape index (κ2) is 7.48. The summed E-state index contributed by atoms with van der Waals surface area (Å²) in [6, 6.07) is 4.68. The van der Waals surface area contributed by atoms with Crippen LogP contribution in [0.1, 0.15) is 25.8 Å². The fraction of sp³-hybridized carbons (Fsp3) is 0.462. The van der Waals surface area contributed by atoms with Gasteiger partial charge in [0.25, 0.3) is 0 Å². The van der Waals surface area contributed by atoms with Gasteiger partial charge in [-0.3, -0.25) is 4.79 Å². The maximum Gasteiger partial charge on any atom is 0.234 e. The molecule has 1 aromatic carbocycles. The Balaban J connectivity index is 2.37. The molecule has 0 aliphatic heterocycles. The van der Waals surface area contributed by atoms with E-state index in [9.17, 15) is 9.18 Å². The lowest BCUT2D eigenvalue weighted by atomic mass is 10.2. The number of carbonyl (C=O) groups is 1. The van der Waals surface area contributed by atoms with Crippen molar-refractivity contribution in [1.82, 2.24) is 10.6 Å². The molecule has 2 N–H and O–H groups in total. The summed E-state index contributed by atoms with van der Waals surface area (Å²) in [5.74, 6) is -0.323. The summed E-state index contributed by atoms with van der Waals surface area (Å²) in [7, 11) is 0. The minimum atomic E-state index is -0.279. The Kier molecular flexibility index (Phi) is 6.29. The molecule has 0 fully saturated rings. The number of carbonyl (C=O) groups excluding carboxylic acids is 1. The van der Waals surface area contributed by atoms with Gasteiger partial charge in [-0.15, -0.1) is 0 Å². The van der Waals surface area contributed by atoms with Crippen LogP contribution in [-0.4, -0.2) is 18.5 Å². The second-order valence-corrected chi connectivity index (χ2v) is 5.07. The highest BCUT2D eigenvalue weighted by Crippen LogP contribution is 2.17. The molecule has 0 saturated carbocycles. The van der Waals surface area contributed by atoms with Crippen LogP contribution >= 0.6 is 15.9 Å². The smallest absolute Gasteiger partial charge is 0.234 e. The monoisotopic (exact) mass is 316 g/mol. The predicted octanol–water partition coefficient (Wildman–Crippen LogP) is 2.59. The van der Waals surface area contributed by atoms with Gasteiger partial charge in [-0.2, -0.15) is 0 Å². The standard InChI is InChI=1S/C13H18BrFN2O/c1-3-9(2)17-13(18)8-16-7-10-6-11(15)4-5-12(10)14/h4-6,9,16H,3,7-8H2,1-2H3,(H,17,18). The molecule has 1 rings (SSSR count). The minimum Gasteiger partial charge on any atom is -0.353 e. The van der Waals surface area contributed by atoms with E-state index >= 15 is 0 Å². The number of amides is 1. The van der Waals surface area contributed by atoms with E-state index in [-0.39, 0.29) is 24.3 Å². The number of benzene rings is 1. The minimum absolute atomic E-state index is 0.0446. The molecular formula is C13H18BrFN2O. The van der Waals surface area contributed by atoms with Gasteiger partial charge >= 0.3 is 0 Å². The first-order chi connectivity index (χ1) is 8.52. The molecule has 0 spiro atoms. The Hall–Kier alpha value is -0.940. The molecule has 0 bridgehead atoms. The van der Waals surface area contributed by atoms with Crippen molar-refractivity contribution in [2.24, 2.45) is 0 Å². The third kappa shape index (κ3) is 5.14. The molecule has 5 heteroatoms. The van der Waals surface area contributed by atoms with Crippen molar-refractivity contribution in [3.8, 4) is 0 Å². The maximum atomic E-state index is 13.0. The summed E-state index contributed by atoms with van der Waals surface area (Å²) < 4.78 is 13.9. The molecule has 0 saturated heterocycles. The highest BCUT2D eigenvalue weighted by atomic mass is 79.9. The Morgan fingerprint density at radius 3 is 2.89 bits per heavy atom. The van der Waals surface area contributed by atoms with E-state index in [0.717, 1.165) is 16.5 Å². The zero-order chi connectivity index (χ0) is 13.5. The highest BCUT2D eigenvalue weighted by Gasteiger charge is 2.06. The van der Waals surface area contributed by atoms with Crippen LogP contribution in [0.5, 0.6) is 0 Å². The first-order valence-corrected chi connectivity index (χ1v) is 6.76. The third-order valence-electron chi connectivity index (χ3n) is 2.63. The SMILES string of the molecule is CCC(C)NC(=O)CNCc1cc(F)ccc1Br. The molecule has 0 aliphatic carbocycles. The summed E-state index contributed by atoms with van der Waals surface area (Å²) in [5, 5.41) is 5.84. The van der Waals surface area contributed by atoms with Crippen molar-refractivity contribution in [3.05, 3.63) is 34.1 Å². The average molecular weight is 317 g/mol. The van der Waals surface area contributed by atoms with Crippen LogP contribution in [0.15, 0.2) is 22.7 Å². The number of rotatable bonds is 6. The van der Waals surface area contributed by atoms with Crippen molar-refractivity contribution in [2.45, 2.75) is 32.9 Å². The molecule has 0 heterocycles. The maximum absolute atomic E-state index is 13.0. The second-order valence-electron chi connectivity index (χ2n) is 4.22. The zero-order valence-electron chi connectivity index (χ0n) is 10.6. The highest BCUT2D eigenvalue weighted by molar-refractivity contribution is 9.10. The third-order valence-corrected chi connectivity index (χ3v) is 3.40. The van der Waals surface area contributed by atoms with Crippen LogP contribution in [0.2, 0.25) is 0 Å². The number of hydrogen-bond acceptors (Lipinski definition) is 2. The molecule has 0 radical (unpaired) electrons. The molecule has 0 aromatic heterocycles. The van der Waals surface area contributed by atoms with Crippen LogP contribution in [0, 0.1) is 5.82 Å². The van der Waals surface area contributed by atoms with E-state index in [4.69, 9.17) is 0 Å². The Labute approximate surface area is 115 Å². The van der Waals surface area contributed by atoms with Gasteiger partial charge in [0.2, 0.25) is 5.91 Å². The fourth-order valence-corrected chi connectivity index (χ4v) is 1.80. The first kappa shape index (κ1) is 15.1. The summed E-state index contributed by atoms with van der Waals surface area (Å²) in [6.07, 6.45) is 0.904. The van der Waals surface area contributed by atoms with Crippen LogP contribution in [0.25, 0.3) is 0 Å². The van der Waals surface area contributed by atoms with Crippen molar-refractivity contribution >= 4 is 21.8 Å². The predicted molar refractivity (Wildman–Crippen MR) is 73.7 cm³/mol. The van der Waals surface area contributed by atoms with Crippen molar-refractivity contribution < 1.29 is 9.18 Å². The Bertz CT molecular complexity index is 412. The van der Waals surface area contributed by atoms with E-state index in [1.165, 1.54) is 12.1 Å². The molecule has 100 valence electrons. The van der Waals surface area contributed by atoms with E-state index < -0.39 is 0 Å². The summed E-state index contributed by atoms with van der Waals surface area (Å²) in [6.45, 7) is 4.66. The molecule has 18 heavy (non-hydrogen) atoms. The van der Waals surface area contributed by atoms with Gasteiger partial charge in [0.15, 0.2) is 0 Å². The number of halogens is 2. The van der Waals surface area contributed by atoms with E-state index in [1.54, 1.807) is 6.07 Å². The largest absolute Gasteiger partial charge is 0.353 e. The lowest BCUT2D eigenvalue weighted by Crippen LogP contribution is -2.38. The molecular weight excluding hydrogens is 299 g/mol. The Morgan fingerprint density at radius 2 is 2.22 bits per heavy atom. The van der Waals surface area contributed by atoms with Crippen molar-refractivity contribution in [1.29, 1.82) is 0 Å². The van der Waals surface area contributed by atoms with E-state index in [0.29, 0.717) is 6.54 Å². The number of nitrogens with one attached hydrogen (secondary N) is 2. The molecule has 1 amide bonds. The van der Waals surface area contributed by atoms with Crippen LogP contribution in [0.4, 0.5) is 4.39 Å². The normalized spacial score (nSPS) is 12.2. The first-order valence-electron chi connectivity index (χ1n) is 5.97. The molecule has 0 aliphatic rings. The average Bonchev–Trinajstić information content (AvgIpc) is 2.33. The van der Waals surface area contributed by atoms with Gasteiger partial charge in [-0.05, 0) is 37.1 Å². The van der Waals surface area contributed by atoms with E-state index in [1.807, 2.05) is 13.8 Å². The van der Waals surface area contributed by atoms with Gasteiger partial charge in [0.1, 0.15) is 5.82 Å². The topological polar surface area (TPSA) is 41.1 Å². The summed E-state index contributed by atoms with van der Waals surface area (Å²) in [4.78, 5) is 11.5. The van der Waals surface area contributed by atoms with Crippen LogP contribution < -0.4 is 10.6 Å². The van der Waals surface area contributed by atoms with Gasteiger partial charge in [-0.25, -0.2) is 4.39 Å². The Morgan fingerprint density at radius 1 is 1.50 bits per heavy atom. The summed E-state index contributed by atoms with van der Waals surface area (Å²) >= 11 is 3.34.